The second kappa shape index (κ2) is 4.99. The molecule has 15 heavy (non-hydrogen) atoms. The van der Waals surface area contributed by atoms with Crippen LogP contribution in [0.1, 0.15) is 24.5 Å². The SMILES string of the molecule is C#CC(CC)Nc1nnc(Cl)c(C)c1C. The second-order valence-electron chi connectivity index (χ2n) is 3.36. The number of anilines is 1. The van der Waals surface area contributed by atoms with Gasteiger partial charge < -0.3 is 5.32 Å². The number of rotatable bonds is 3. The summed E-state index contributed by atoms with van der Waals surface area (Å²) in [5, 5.41) is 11.4. The van der Waals surface area contributed by atoms with E-state index in [0.29, 0.717) is 11.0 Å². The average Bonchev–Trinajstić information content (AvgIpc) is 2.25. The lowest BCUT2D eigenvalue weighted by Crippen LogP contribution is -2.18. The summed E-state index contributed by atoms with van der Waals surface area (Å²) in [5.74, 6) is 3.36. The highest BCUT2D eigenvalue weighted by molar-refractivity contribution is 6.30. The molecule has 0 radical (unpaired) electrons. The molecular weight excluding hydrogens is 210 g/mol. The Morgan fingerprint density at radius 2 is 2.07 bits per heavy atom. The van der Waals surface area contributed by atoms with E-state index in [1.807, 2.05) is 20.8 Å². The van der Waals surface area contributed by atoms with E-state index in [2.05, 4.69) is 21.4 Å². The van der Waals surface area contributed by atoms with Gasteiger partial charge in [-0.25, -0.2) is 0 Å². The van der Waals surface area contributed by atoms with Crippen LogP contribution in [-0.2, 0) is 0 Å². The van der Waals surface area contributed by atoms with E-state index >= 15 is 0 Å². The zero-order chi connectivity index (χ0) is 11.4. The molecular formula is C11H14ClN3. The summed E-state index contributed by atoms with van der Waals surface area (Å²) in [5.41, 5.74) is 1.92. The zero-order valence-electron chi connectivity index (χ0n) is 9.13. The zero-order valence-corrected chi connectivity index (χ0v) is 9.89. The van der Waals surface area contributed by atoms with E-state index in [1.165, 1.54) is 0 Å². The molecule has 1 unspecified atom stereocenters. The van der Waals surface area contributed by atoms with Crippen molar-refractivity contribution < 1.29 is 0 Å². The summed E-state index contributed by atoms with van der Waals surface area (Å²) in [7, 11) is 0. The number of nitrogens with one attached hydrogen (secondary N) is 1. The molecule has 3 nitrogen and oxygen atoms in total. The first kappa shape index (κ1) is 11.8. The van der Waals surface area contributed by atoms with Crippen LogP contribution in [0.2, 0.25) is 5.15 Å². The first-order valence-corrected chi connectivity index (χ1v) is 5.20. The molecule has 0 aliphatic heterocycles. The van der Waals surface area contributed by atoms with Gasteiger partial charge >= 0.3 is 0 Å². The third-order valence-electron chi connectivity index (χ3n) is 2.39. The molecule has 1 heterocycles. The van der Waals surface area contributed by atoms with Crippen LogP contribution in [0, 0.1) is 26.2 Å². The largest absolute Gasteiger partial charge is 0.355 e. The van der Waals surface area contributed by atoms with E-state index in [0.717, 1.165) is 17.5 Å². The van der Waals surface area contributed by atoms with Crippen molar-refractivity contribution in [3.8, 4) is 12.3 Å². The van der Waals surface area contributed by atoms with Crippen molar-refractivity contribution in [1.29, 1.82) is 0 Å². The predicted molar refractivity (Wildman–Crippen MR) is 63.1 cm³/mol. The van der Waals surface area contributed by atoms with Gasteiger partial charge in [0.2, 0.25) is 0 Å². The molecule has 0 aliphatic rings. The van der Waals surface area contributed by atoms with E-state index in [-0.39, 0.29) is 6.04 Å². The third-order valence-corrected chi connectivity index (χ3v) is 2.74. The molecule has 1 aromatic rings. The average molecular weight is 224 g/mol. The lowest BCUT2D eigenvalue weighted by Gasteiger charge is -2.14. The molecule has 0 aliphatic carbocycles. The smallest absolute Gasteiger partial charge is 0.155 e. The number of hydrogen-bond donors (Lipinski definition) is 1. The maximum absolute atomic E-state index is 5.85. The lowest BCUT2D eigenvalue weighted by molar-refractivity contribution is 0.837. The molecule has 1 aromatic heterocycles. The van der Waals surface area contributed by atoms with E-state index in [9.17, 15) is 0 Å². The Morgan fingerprint density at radius 3 is 2.60 bits per heavy atom. The minimum absolute atomic E-state index is 0.0152. The van der Waals surface area contributed by atoms with Crippen molar-refractivity contribution in [3.05, 3.63) is 16.3 Å². The summed E-state index contributed by atoms with van der Waals surface area (Å²) in [6, 6.07) is -0.0152. The Bertz CT molecular complexity index is 396. The lowest BCUT2D eigenvalue weighted by atomic mass is 10.1. The highest BCUT2D eigenvalue weighted by atomic mass is 35.5. The van der Waals surface area contributed by atoms with Gasteiger partial charge in [-0.05, 0) is 31.4 Å². The molecule has 0 saturated heterocycles. The van der Waals surface area contributed by atoms with Crippen LogP contribution >= 0.6 is 11.6 Å². The van der Waals surface area contributed by atoms with E-state index < -0.39 is 0 Å². The van der Waals surface area contributed by atoms with Crippen LogP contribution in [0.25, 0.3) is 0 Å². The monoisotopic (exact) mass is 223 g/mol. The molecule has 0 spiro atoms. The second-order valence-corrected chi connectivity index (χ2v) is 3.72. The molecule has 0 aromatic carbocycles. The van der Waals surface area contributed by atoms with E-state index in [1.54, 1.807) is 0 Å². The molecule has 0 saturated carbocycles. The fraction of sp³-hybridized carbons (Fsp3) is 0.455. The highest BCUT2D eigenvalue weighted by Crippen LogP contribution is 2.21. The van der Waals surface area contributed by atoms with Crippen LogP contribution < -0.4 is 5.32 Å². The minimum atomic E-state index is -0.0152. The first-order chi connectivity index (χ1) is 7.10. The van der Waals surface area contributed by atoms with Crippen molar-refractivity contribution in [2.75, 3.05) is 5.32 Å². The summed E-state index contributed by atoms with van der Waals surface area (Å²) in [6.07, 6.45) is 6.21. The maximum atomic E-state index is 5.85. The fourth-order valence-electron chi connectivity index (χ4n) is 1.14. The van der Waals surface area contributed by atoms with Gasteiger partial charge in [0.25, 0.3) is 0 Å². The number of halogens is 1. The Balaban J connectivity index is 2.97. The van der Waals surface area contributed by atoms with Crippen LogP contribution in [0.5, 0.6) is 0 Å². The Kier molecular flexibility index (Phi) is 3.93. The third kappa shape index (κ3) is 2.60. The molecule has 4 heteroatoms. The Labute approximate surface area is 95.2 Å². The maximum Gasteiger partial charge on any atom is 0.155 e. The van der Waals surface area contributed by atoms with Gasteiger partial charge in [-0.2, -0.15) is 0 Å². The van der Waals surface area contributed by atoms with Gasteiger partial charge in [0.1, 0.15) is 0 Å². The molecule has 1 atom stereocenters. The summed E-state index contributed by atoms with van der Waals surface area (Å²) < 4.78 is 0. The minimum Gasteiger partial charge on any atom is -0.355 e. The van der Waals surface area contributed by atoms with Gasteiger partial charge in [0, 0.05) is 0 Å². The topological polar surface area (TPSA) is 37.8 Å². The van der Waals surface area contributed by atoms with Crippen LogP contribution in [0.15, 0.2) is 0 Å². The molecule has 1 N–H and O–H groups in total. The highest BCUT2D eigenvalue weighted by Gasteiger charge is 2.10. The van der Waals surface area contributed by atoms with Crippen LogP contribution in [0.4, 0.5) is 5.82 Å². The van der Waals surface area contributed by atoms with Crippen molar-refractivity contribution >= 4 is 17.4 Å². The number of terminal acetylenes is 1. The summed E-state index contributed by atoms with van der Waals surface area (Å²) in [6.45, 7) is 5.87. The van der Waals surface area contributed by atoms with Gasteiger partial charge in [-0.1, -0.05) is 24.4 Å². The van der Waals surface area contributed by atoms with Crippen LogP contribution in [-0.4, -0.2) is 16.2 Å². The Hall–Kier alpha value is -1.27. The molecule has 80 valence electrons. The summed E-state index contributed by atoms with van der Waals surface area (Å²) in [4.78, 5) is 0. The normalized spacial score (nSPS) is 11.9. The number of aromatic nitrogens is 2. The molecule has 1 rings (SSSR count). The molecule has 0 bridgehead atoms. The van der Waals surface area contributed by atoms with Crippen molar-refractivity contribution in [3.63, 3.8) is 0 Å². The molecule has 0 amide bonds. The Morgan fingerprint density at radius 1 is 1.40 bits per heavy atom. The van der Waals surface area contributed by atoms with Gasteiger partial charge in [-0.3, -0.25) is 0 Å². The van der Waals surface area contributed by atoms with Gasteiger partial charge in [0.05, 0.1) is 6.04 Å². The van der Waals surface area contributed by atoms with Crippen molar-refractivity contribution in [1.82, 2.24) is 10.2 Å². The fourth-order valence-corrected chi connectivity index (χ4v) is 1.32. The molecule has 0 fully saturated rings. The standard InChI is InChI=1S/C11H14ClN3/c1-5-9(6-2)13-11-8(4)7(3)10(12)14-15-11/h1,9H,6H2,2-4H3,(H,13,15). The summed E-state index contributed by atoms with van der Waals surface area (Å²) >= 11 is 5.85. The van der Waals surface area contributed by atoms with Crippen LogP contribution in [0.3, 0.4) is 0 Å². The van der Waals surface area contributed by atoms with Gasteiger partial charge in [0.15, 0.2) is 11.0 Å². The number of hydrogen-bond acceptors (Lipinski definition) is 3. The van der Waals surface area contributed by atoms with Crippen molar-refractivity contribution in [2.24, 2.45) is 0 Å². The predicted octanol–water partition coefficient (Wildman–Crippen LogP) is 2.57. The first-order valence-electron chi connectivity index (χ1n) is 4.82. The quantitative estimate of drug-likeness (QED) is 0.801. The number of nitrogens with zero attached hydrogens (tertiary/aromatic N) is 2. The van der Waals surface area contributed by atoms with E-state index in [4.69, 9.17) is 18.0 Å². The van der Waals surface area contributed by atoms with Gasteiger partial charge in [-0.15, -0.1) is 16.6 Å². The van der Waals surface area contributed by atoms with Crippen molar-refractivity contribution in [2.45, 2.75) is 33.2 Å².